The van der Waals surface area contributed by atoms with E-state index < -0.39 is 5.67 Å². The van der Waals surface area contributed by atoms with Gasteiger partial charge in [0.05, 0.1) is 5.88 Å². The first-order valence-corrected chi connectivity index (χ1v) is 2.90. The van der Waals surface area contributed by atoms with Crippen LogP contribution in [0.5, 0.6) is 0 Å². The van der Waals surface area contributed by atoms with Gasteiger partial charge in [-0.3, -0.25) is 0 Å². The zero-order valence-electron chi connectivity index (χ0n) is 4.67. The molecule has 0 radical (unpaired) electrons. The van der Waals surface area contributed by atoms with Crippen molar-refractivity contribution in [3.05, 3.63) is 0 Å². The lowest BCUT2D eigenvalue weighted by molar-refractivity contribution is 0.215. The highest BCUT2D eigenvalue weighted by atomic mass is 35.5. The molecule has 0 N–H and O–H groups in total. The van der Waals surface area contributed by atoms with Gasteiger partial charge in [0.15, 0.2) is 0 Å². The molecule has 0 heterocycles. The minimum absolute atomic E-state index is 0.101. The van der Waals surface area contributed by atoms with E-state index in [1.54, 1.807) is 6.92 Å². The number of hydrogen-bond acceptors (Lipinski definition) is 0. The van der Waals surface area contributed by atoms with E-state index in [-0.39, 0.29) is 5.88 Å². The fourth-order valence-corrected chi connectivity index (χ4v) is 0.283. The van der Waals surface area contributed by atoms with E-state index in [0.717, 1.165) is 0 Å². The molecule has 0 aliphatic rings. The van der Waals surface area contributed by atoms with Gasteiger partial charge in [-0.25, -0.2) is 4.39 Å². The molecular weight excluding hydrogens is 115 g/mol. The van der Waals surface area contributed by atoms with E-state index in [2.05, 4.69) is 0 Å². The molecule has 0 spiro atoms. The van der Waals surface area contributed by atoms with Crippen LogP contribution >= 0.6 is 11.6 Å². The Hall–Kier alpha value is 0.220. The second kappa shape index (κ2) is 2.51. The molecular formula is C5H10ClF. The minimum Gasteiger partial charge on any atom is -0.243 e. The van der Waals surface area contributed by atoms with Gasteiger partial charge in [0.25, 0.3) is 0 Å². The van der Waals surface area contributed by atoms with Crippen LogP contribution in [-0.4, -0.2) is 11.5 Å². The Balaban J connectivity index is 3.36. The predicted octanol–water partition coefficient (Wildman–Crippen LogP) is 2.36. The Labute approximate surface area is 48.7 Å². The summed E-state index contributed by atoms with van der Waals surface area (Å²) in [6, 6.07) is 0. The van der Waals surface area contributed by atoms with Crippen LogP contribution in [0.3, 0.4) is 0 Å². The van der Waals surface area contributed by atoms with Crippen LogP contribution in [0.2, 0.25) is 0 Å². The molecule has 0 aliphatic heterocycles. The average Bonchev–Trinajstić information content (AvgIpc) is 1.68. The smallest absolute Gasteiger partial charge is 0.121 e. The van der Waals surface area contributed by atoms with Gasteiger partial charge in [-0.1, -0.05) is 6.92 Å². The van der Waals surface area contributed by atoms with E-state index in [0.29, 0.717) is 6.42 Å². The highest BCUT2D eigenvalue weighted by molar-refractivity contribution is 6.18. The molecule has 0 saturated carbocycles. The van der Waals surface area contributed by atoms with Crippen molar-refractivity contribution in [1.29, 1.82) is 0 Å². The summed E-state index contributed by atoms with van der Waals surface area (Å²) in [7, 11) is 0. The molecule has 0 amide bonds. The third-order valence-corrected chi connectivity index (χ3v) is 1.57. The summed E-state index contributed by atoms with van der Waals surface area (Å²) in [5.41, 5.74) is -1.15. The van der Waals surface area contributed by atoms with Crippen LogP contribution in [0.1, 0.15) is 20.3 Å². The summed E-state index contributed by atoms with van der Waals surface area (Å²) >= 11 is 5.22. The summed E-state index contributed by atoms with van der Waals surface area (Å²) in [5, 5.41) is 0. The molecule has 44 valence electrons. The standard InChI is InChI=1S/C5H10ClF/c1-3-5(2,7)4-6/h3-4H2,1-2H3. The summed E-state index contributed by atoms with van der Waals surface area (Å²) in [6.45, 7) is 3.28. The Morgan fingerprint density at radius 2 is 2.14 bits per heavy atom. The first-order chi connectivity index (χ1) is 3.12. The van der Waals surface area contributed by atoms with E-state index >= 15 is 0 Å². The van der Waals surface area contributed by atoms with Crippen LogP contribution in [0.25, 0.3) is 0 Å². The van der Waals surface area contributed by atoms with E-state index in [1.807, 2.05) is 0 Å². The topological polar surface area (TPSA) is 0 Å². The Morgan fingerprint density at radius 1 is 1.71 bits per heavy atom. The molecule has 0 nitrogen and oxygen atoms in total. The van der Waals surface area contributed by atoms with Crippen molar-refractivity contribution >= 4 is 11.6 Å². The molecule has 0 bridgehead atoms. The lowest BCUT2D eigenvalue weighted by atomic mass is 10.1. The monoisotopic (exact) mass is 124 g/mol. The number of rotatable bonds is 2. The maximum Gasteiger partial charge on any atom is 0.121 e. The quantitative estimate of drug-likeness (QED) is 0.496. The lowest BCUT2D eigenvalue weighted by Crippen LogP contribution is -2.17. The summed E-state index contributed by atoms with van der Waals surface area (Å²) in [5.74, 6) is 0.101. The SMILES string of the molecule is CCC(C)(F)CCl. The zero-order valence-corrected chi connectivity index (χ0v) is 5.43. The van der Waals surface area contributed by atoms with Crippen LogP contribution in [0.4, 0.5) is 4.39 Å². The molecule has 0 aromatic heterocycles. The van der Waals surface area contributed by atoms with Gasteiger partial charge < -0.3 is 0 Å². The number of halogens is 2. The minimum atomic E-state index is -1.15. The molecule has 0 fully saturated rings. The van der Waals surface area contributed by atoms with Crippen LogP contribution in [0.15, 0.2) is 0 Å². The number of alkyl halides is 2. The molecule has 0 aromatic rings. The molecule has 7 heavy (non-hydrogen) atoms. The van der Waals surface area contributed by atoms with Crippen molar-refractivity contribution in [3.63, 3.8) is 0 Å². The van der Waals surface area contributed by atoms with Gasteiger partial charge in [-0.05, 0) is 13.3 Å². The van der Waals surface area contributed by atoms with Crippen LogP contribution < -0.4 is 0 Å². The first-order valence-electron chi connectivity index (χ1n) is 2.37. The average molecular weight is 125 g/mol. The number of hydrogen-bond donors (Lipinski definition) is 0. The third kappa shape index (κ3) is 2.86. The van der Waals surface area contributed by atoms with Crippen molar-refractivity contribution in [1.82, 2.24) is 0 Å². The Morgan fingerprint density at radius 3 is 2.14 bits per heavy atom. The summed E-state index contributed by atoms with van der Waals surface area (Å²) < 4.78 is 12.4. The second-order valence-corrected chi connectivity index (χ2v) is 2.17. The van der Waals surface area contributed by atoms with Crippen molar-refractivity contribution in [2.45, 2.75) is 25.9 Å². The van der Waals surface area contributed by atoms with Crippen molar-refractivity contribution in [3.8, 4) is 0 Å². The largest absolute Gasteiger partial charge is 0.243 e. The van der Waals surface area contributed by atoms with Gasteiger partial charge >= 0.3 is 0 Å². The third-order valence-electron chi connectivity index (χ3n) is 1.02. The van der Waals surface area contributed by atoms with E-state index in [1.165, 1.54) is 6.92 Å². The lowest BCUT2D eigenvalue weighted by Gasteiger charge is -2.11. The summed E-state index contributed by atoms with van der Waals surface area (Å²) in [4.78, 5) is 0. The van der Waals surface area contributed by atoms with Crippen molar-refractivity contribution in [2.24, 2.45) is 0 Å². The molecule has 1 unspecified atom stereocenters. The van der Waals surface area contributed by atoms with E-state index in [9.17, 15) is 4.39 Å². The molecule has 1 atom stereocenters. The maximum atomic E-state index is 12.4. The Kier molecular flexibility index (Phi) is 2.59. The van der Waals surface area contributed by atoms with E-state index in [4.69, 9.17) is 11.6 Å². The molecule has 2 heteroatoms. The molecule has 0 rings (SSSR count). The van der Waals surface area contributed by atoms with Crippen molar-refractivity contribution < 1.29 is 4.39 Å². The van der Waals surface area contributed by atoms with Gasteiger partial charge in [-0.2, -0.15) is 0 Å². The fraction of sp³-hybridized carbons (Fsp3) is 1.00. The normalized spacial score (nSPS) is 18.9. The first kappa shape index (κ1) is 7.22. The fourth-order valence-electron chi connectivity index (χ4n) is 0.0945. The summed E-state index contributed by atoms with van der Waals surface area (Å²) in [6.07, 6.45) is 0.497. The van der Waals surface area contributed by atoms with Crippen LogP contribution in [0, 0.1) is 0 Å². The maximum absolute atomic E-state index is 12.4. The molecule has 0 aliphatic carbocycles. The van der Waals surface area contributed by atoms with Gasteiger partial charge in [0.1, 0.15) is 5.67 Å². The predicted molar refractivity (Wildman–Crippen MR) is 30.5 cm³/mol. The second-order valence-electron chi connectivity index (χ2n) is 1.90. The van der Waals surface area contributed by atoms with Crippen LogP contribution in [-0.2, 0) is 0 Å². The van der Waals surface area contributed by atoms with Gasteiger partial charge in [-0.15, -0.1) is 11.6 Å². The van der Waals surface area contributed by atoms with Gasteiger partial charge in [0.2, 0.25) is 0 Å². The van der Waals surface area contributed by atoms with Gasteiger partial charge in [0, 0.05) is 0 Å². The highest BCUT2D eigenvalue weighted by Crippen LogP contribution is 2.15. The highest BCUT2D eigenvalue weighted by Gasteiger charge is 2.17. The Bertz CT molecular complexity index is 46.0. The van der Waals surface area contributed by atoms with Crippen molar-refractivity contribution in [2.75, 3.05) is 5.88 Å². The molecule has 0 aromatic carbocycles. The zero-order chi connectivity index (χ0) is 5.91. The molecule has 0 saturated heterocycles.